The Morgan fingerprint density at radius 3 is 2.17 bits per heavy atom. The van der Waals surface area contributed by atoms with Gasteiger partial charge >= 0.3 is 0 Å². The standard InChI is InChI=1S/C20H23ClF2O/c21-14-8-3-1-2-4-9-15-24-18-13-12-17(22)19(20(18)23)16-10-6-5-7-11-16/h5-7,10-13H,1-4,8-9,14-15H2. The fourth-order valence-corrected chi connectivity index (χ4v) is 2.79. The Morgan fingerprint density at radius 2 is 1.46 bits per heavy atom. The normalized spacial score (nSPS) is 10.8. The molecule has 0 aliphatic rings. The van der Waals surface area contributed by atoms with E-state index in [1.165, 1.54) is 12.1 Å². The minimum Gasteiger partial charge on any atom is -0.490 e. The average molecular weight is 353 g/mol. The number of benzene rings is 2. The molecule has 0 amide bonds. The van der Waals surface area contributed by atoms with Crippen LogP contribution in [0.25, 0.3) is 11.1 Å². The topological polar surface area (TPSA) is 9.23 Å². The van der Waals surface area contributed by atoms with Gasteiger partial charge in [0, 0.05) is 5.88 Å². The predicted molar refractivity (Wildman–Crippen MR) is 95.7 cm³/mol. The number of halogens is 3. The quantitative estimate of drug-likeness (QED) is 0.346. The van der Waals surface area contributed by atoms with Crippen molar-refractivity contribution < 1.29 is 13.5 Å². The molecule has 130 valence electrons. The third-order valence-corrected chi connectivity index (χ3v) is 4.17. The zero-order valence-electron chi connectivity index (χ0n) is 13.7. The van der Waals surface area contributed by atoms with E-state index in [9.17, 15) is 8.78 Å². The summed E-state index contributed by atoms with van der Waals surface area (Å²) in [7, 11) is 0. The second-order valence-electron chi connectivity index (χ2n) is 5.76. The van der Waals surface area contributed by atoms with Gasteiger partial charge in [-0.15, -0.1) is 11.6 Å². The fourth-order valence-electron chi connectivity index (χ4n) is 2.60. The lowest BCUT2D eigenvalue weighted by atomic mass is 10.0. The molecule has 2 rings (SSSR count). The Labute approximate surface area is 147 Å². The van der Waals surface area contributed by atoms with Crippen molar-refractivity contribution >= 4 is 11.6 Å². The molecule has 2 aromatic rings. The number of unbranched alkanes of at least 4 members (excludes halogenated alkanes) is 5. The molecule has 0 spiro atoms. The van der Waals surface area contributed by atoms with Crippen molar-refractivity contribution in [3.05, 3.63) is 54.1 Å². The Bertz CT molecular complexity index is 617. The molecule has 0 N–H and O–H groups in total. The van der Waals surface area contributed by atoms with Crippen LogP contribution in [0.15, 0.2) is 42.5 Å². The van der Waals surface area contributed by atoms with Gasteiger partial charge in [-0.25, -0.2) is 8.78 Å². The second kappa shape index (κ2) is 10.3. The van der Waals surface area contributed by atoms with E-state index in [-0.39, 0.29) is 11.3 Å². The zero-order valence-corrected chi connectivity index (χ0v) is 14.5. The van der Waals surface area contributed by atoms with Crippen LogP contribution < -0.4 is 4.74 Å². The molecule has 2 aromatic carbocycles. The van der Waals surface area contributed by atoms with Gasteiger partial charge in [0.05, 0.1) is 12.2 Å². The van der Waals surface area contributed by atoms with Gasteiger partial charge in [0.15, 0.2) is 11.6 Å². The number of rotatable bonds is 10. The highest BCUT2D eigenvalue weighted by Gasteiger charge is 2.16. The highest BCUT2D eigenvalue weighted by Crippen LogP contribution is 2.31. The highest BCUT2D eigenvalue weighted by molar-refractivity contribution is 6.17. The molecule has 1 nitrogen and oxygen atoms in total. The summed E-state index contributed by atoms with van der Waals surface area (Å²) in [6, 6.07) is 11.3. The van der Waals surface area contributed by atoms with E-state index in [0.29, 0.717) is 12.2 Å². The van der Waals surface area contributed by atoms with Crippen LogP contribution in [0.4, 0.5) is 8.78 Å². The molecular formula is C20H23ClF2O. The first-order valence-electron chi connectivity index (χ1n) is 8.46. The van der Waals surface area contributed by atoms with Gasteiger partial charge in [-0.3, -0.25) is 0 Å². The minimum absolute atomic E-state index is 0.0332. The number of hydrogen-bond acceptors (Lipinski definition) is 1. The summed E-state index contributed by atoms with van der Waals surface area (Å²) in [4.78, 5) is 0. The first-order valence-corrected chi connectivity index (χ1v) is 8.99. The molecule has 0 saturated heterocycles. The largest absolute Gasteiger partial charge is 0.490 e. The monoisotopic (exact) mass is 352 g/mol. The van der Waals surface area contributed by atoms with E-state index in [0.717, 1.165) is 44.4 Å². The summed E-state index contributed by atoms with van der Waals surface area (Å²) < 4.78 is 34.1. The molecule has 0 aliphatic heterocycles. The molecule has 0 unspecified atom stereocenters. The molecule has 0 heterocycles. The molecule has 0 fully saturated rings. The SMILES string of the molecule is Fc1ccc(OCCCCCCCCCl)c(F)c1-c1ccccc1. The van der Waals surface area contributed by atoms with Crippen LogP contribution in [-0.2, 0) is 0 Å². The van der Waals surface area contributed by atoms with E-state index in [4.69, 9.17) is 16.3 Å². The molecular weight excluding hydrogens is 330 g/mol. The summed E-state index contributed by atoms with van der Waals surface area (Å²) in [5, 5.41) is 0. The lowest BCUT2D eigenvalue weighted by Crippen LogP contribution is -2.01. The number of hydrogen-bond donors (Lipinski definition) is 0. The van der Waals surface area contributed by atoms with Crippen molar-refractivity contribution in [3.63, 3.8) is 0 Å². The van der Waals surface area contributed by atoms with E-state index in [2.05, 4.69) is 0 Å². The van der Waals surface area contributed by atoms with E-state index < -0.39 is 11.6 Å². The molecule has 4 heteroatoms. The average Bonchev–Trinajstić information content (AvgIpc) is 2.60. The molecule has 24 heavy (non-hydrogen) atoms. The molecule has 0 bridgehead atoms. The third-order valence-electron chi connectivity index (χ3n) is 3.90. The van der Waals surface area contributed by atoms with Crippen molar-refractivity contribution in [1.29, 1.82) is 0 Å². The smallest absolute Gasteiger partial charge is 0.175 e. The third kappa shape index (κ3) is 5.48. The van der Waals surface area contributed by atoms with Crippen LogP contribution in [0.5, 0.6) is 5.75 Å². The summed E-state index contributed by atoms with van der Waals surface area (Å²) in [6.45, 7) is 0.437. The maximum absolute atomic E-state index is 14.6. The lowest BCUT2D eigenvalue weighted by molar-refractivity contribution is 0.289. The maximum atomic E-state index is 14.6. The number of alkyl halides is 1. The minimum atomic E-state index is -0.636. The van der Waals surface area contributed by atoms with Crippen LogP contribution in [-0.4, -0.2) is 12.5 Å². The first kappa shape index (κ1) is 18.7. The van der Waals surface area contributed by atoms with Crippen LogP contribution >= 0.6 is 11.6 Å². The van der Waals surface area contributed by atoms with E-state index in [1.54, 1.807) is 24.3 Å². The van der Waals surface area contributed by atoms with Gasteiger partial charge in [-0.05, 0) is 30.5 Å². The summed E-state index contributed by atoms with van der Waals surface area (Å²) in [5.41, 5.74) is 0.478. The first-order chi connectivity index (χ1) is 11.7. The maximum Gasteiger partial charge on any atom is 0.175 e. The number of ether oxygens (including phenoxy) is 1. The van der Waals surface area contributed by atoms with Crippen molar-refractivity contribution in [2.45, 2.75) is 38.5 Å². The molecule has 0 saturated carbocycles. The van der Waals surface area contributed by atoms with Gasteiger partial charge in [-0.1, -0.05) is 56.0 Å². The Hall–Kier alpha value is -1.61. The summed E-state index contributed by atoms with van der Waals surface area (Å²) in [6.07, 6.45) is 6.39. The van der Waals surface area contributed by atoms with Crippen LogP contribution in [0, 0.1) is 11.6 Å². The highest BCUT2D eigenvalue weighted by atomic mass is 35.5. The zero-order chi connectivity index (χ0) is 17.2. The predicted octanol–water partition coefficient (Wildman–Crippen LogP) is 6.59. The molecule has 0 radical (unpaired) electrons. The van der Waals surface area contributed by atoms with Gasteiger partial charge in [0.25, 0.3) is 0 Å². The Kier molecular flexibility index (Phi) is 8.03. The molecule has 0 aliphatic carbocycles. The molecule has 0 atom stereocenters. The van der Waals surface area contributed by atoms with Crippen molar-refractivity contribution in [2.24, 2.45) is 0 Å². The lowest BCUT2D eigenvalue weighted by Gasteiger charge is -2.11. The Morgan fingerprint density at radius 1 is 0.792 bits per heavy atom. The van der Waals surface area contributed by atoms with Crippen LogP contribution in [0.2, 0.25) is 0 Å². The van der Waals surface area contributed by atoms with Crippen molar-refractivity contribution in [3.8, 4) is 16.9 Å². The molecule has 0 aromatic heterocycles. The van der Waals surface area contributed by atoms with Gasteiger partial charge in [0.2, 0.25) is 0 Å². The van der Waals surface area contributed by atoms with Gasteiger partial charge in [0.1, 0.15) is 5.82 Å². The second-order valence-corrected chi connectivity index (χ2v) is 6.14. The summed E-state index contributed by atoms with van der Waals surface area (Å²) in [5.74, 6) is -0.387. The van der Waals surface area contributed by atoms with Crippen molar-refractivity contribution in [2.75, 3.05) is 12.5 Å². The van der Waals surface area contributed by atoms with Gasteiger partial charge < -0.3 is 4.74 Å². The Balaban J connectivity index is 1.88. The van der Waals surface area contributed by atoms with Crippen molar-refractivity contribution in [1.82, 2.24) is 0 Å². The van der Waals surface area contributed by atoms with Crippen LogP contribution in [0.1, 0.15) is 38.5 Å². The van der Waals surface area contributed by atoms with Crippen LogP contribution in [0.3, 0.4) is 0 Å². The van der Waals surface area contributed by atoms with Gasteiger partial charge in [-0.2, -0.15) is 0 Å². The van der Waals surface area contributed by atoms with E-state index in [1.807, 2.05) is 6.07 Å². The summed E-state index contributed by atoms with van der Waals surface area (Å²) >= 11 is 5.63. The van der Waals surface area contributed by atoms with E-state index >= 15 is 0 Å². The fraction of sp³-hybridized carbons (Fsp3) is 0.400.